The van der Waals surface area contributed by atoms with E-state index in [9.17, 15) is 4.79 Å². The zero-order valence-corrected chi connectivity index (χ0v) is 7.76. The topological polar surface area (TPSA) is 44.4 Å². The second kappa shape index (κ2) is 4.42. The van der Waals surface area contributed by atoms with Crippen LogP contribution < -0.4 is 10.9 Å². The van der Waals surface area contributed by atoms with Gasteiger partial charge in [0.15, 0.2) is 0 Å². The van der Waals surface area contributed by atoms with Gasteiger partial charge in [-0.15, -0.1) is 0 Å². The van der Waals surface area contributed by atoms with E-state index in [0.717, 1.165) is 25.9 Å². The Labute approximate surface area is 73.3 Å². The SMILES string of the molecule is CNNC(=O)C1CCN(C)CC1. The Morgan fingerprint density at radius 1 is 1.42 bits per heavy atom. The lowest BCUT2D eigenvalue weighted by molar-refractivity contribution is -0.127. The maximum Gasteiger partial charge on any atom is 0.237 e. The molecule has 0 unspecified atom stereocenters. The first-order chi connectivity index (χ1) is 5.74. The van der Waals surface area contributed by atoms with Gasteiger partial charge < -0.3 is 4.90 Å². The predicted molar refractivity (Wildman–Crippen MR) is 47.4 cm³/mol. The average Bonchev–Trinajstić information content (AvgIpc) is 2.06. The van der Waals surface area contributed by atoms with Crippen molar-refractivity contribution in [2.75, 3.05) is 27.2 Å². The van der Waals surface area contributed by atoms with Gasteiger partial charge in [-0.3, -0.25) is 10.2 Å². The van der Waals surface area contributed by atoms with E-state index in [2.05, 4.69) is 22.8 Å². The maximum atomic E-state index is 11.3. The molecule has 1 rings (SSSR count). The maximum absolute atomic E-state index is 11.3. The van der Waals surface area contributed by atoms with Crippen molar-refractivity contribution in [1.29, 1.82) is 0 Å². The summed E-state index contributed by atoms with van der Waals surface area (Å²) >= 11 is 0. The van der Waals surface area contributed by atoms with Crippen LogP contribution in [-0.2, 0) is 4.79 Å². The number of likely N-dealkylation sites (tertiary alicyclic amines) is 1. The highest BCUT2D eigenvalue weighted by atomic mass is 16.2. The fraction of sp³-hybridized carbons (Fsp3) is 0.875. The molecule has 0 aromatic rings. The number of hydrazine groups is 1. The average molecular weight is 171 g/mol. The number of nitrogens with one attached hydrogen (secondary N) is 2. The third-order valence-electron chi connectivity index (χ3n) is 2.34. The number of rotatable bonds is 2. The molecule has 2 N–H and O–H groups in total. The van der Waals surface area contributed by atoms with Crippen LogP contribution in [0.2, 0.25) is 0 Å². The summed E-state index contributed by atoms with van der Waals surface area (Å²) < 4.78 is 0. The molecule has 0 aliphatic carbocycles. The quantitative estimate of drug-likeness (QED) is 0.555. The summed E-state index contributed by atoms with van der Waals surface area (Å²) in [6.07, 6.45) is 1.95. The summed E-state index contributed by atoms with van der Waals surface area (Å²) in [6.45, 7) is 2.06. The minimum atomic E-state index is 0.130. The van der Waals surface area contributed by atoms with E-state index in [0.29, 0.717) is 0 Å². The lowest BCUT2D eigenvalue weighted by atomic mass is 9.97. The summed E-state index contributed by atoms with van der Waals surface area (Å²) in [6, 6.07) is 0. The number of carbonyl (C=O) groups is 1. The van der Waals surface area contributed by atoms with E-state index in [1.807, 2.05) is 0 Å². The first kappa shape index (κ1) is 9.48. The van der Waals surface area contributed by atoms with Crippen LogP contribution in [0.1, 0.15) is 12.8 Å². The van der Waals surface area contributed by atoms with E-state index in [-0.39, 0.29) is 11.8 Å². The van der Waals surface area contributed by atoms with Crippen LogP contribution >= 0.6 is 0 Å². The molecule has 0 radical (unpaired) electrons. The molecular weight excluding hydrogens is 154 g/mol. The number of carbonyl (C=O) groups excluding carboxylic acids is 1. The smallest absolute Gasteiger partial charge is 0.237 e. The Bertz CT molecular complexity index is 152. The van der Waals surface area contributed by atoms with Gasteiger partial charge in [0.25, 0.3) is 0 Å². The molecule has 70 valence electrons. The Morgan fingerprint density at radius 2 is 2.00 bits per heavy atom. The van der Waals surface area contributed by atoms with Crippen molar-refractivity contribution < 1.29 is 4.79 Å². The Kier molecular flexibility index (Phi) is 3.49. The van der Waals surface area contributed by atoms with Crippen molar-refractivity contribution in [3.8, 4) is 0 Å². The normalized spacial score (nSPS) is 20.8. The van der Waals surface area contributed by atoms with Crippen molar-refractivity contribution in [3.05, 3.63) is 0 Å². The molecule has 0 atom stereocenters. The molecule has 1 heterocycles. The molecule has 0 aromatic heterocycles. The van der Waals surface area contributed by atoms with Crippen LogP contribution in [-0.4, -0.2) is 38.0 Å². The second-order valence-corrected chi connectivity index (χ2v) is 3.32. The first-order valence-electron chi connectivity index (χ1n) is 4.39. The van der Waals surface area contributed by atoms with Crippen LogP contribution in [0.25, 0.3) is 0 Å². The van der Waals surface area contributed by atoms with Crippen LogP contribution in [0.15, 0.2) is 0 Å². The molecule has 0 bridgehead atoms. The predicted octanol–water partition coefficient (Wildman–Crippen LogP) is -0.421. The van der Waals surface area contributed by atoms with E-state index in [4.69, 9.17) is 0 Å². The number of nitrogens with zero attached hydrogens (tertiary/aromatic N) is 1. The highest BCUT2D eigenvalue weighted by molar-refractivity contribution is 5.78. The van der Waals surface area contributed by atoms with Gasteiger partial charge in [0, 0.05) is 13.0 Å². The molecule has 12 heavy (non-hydrogen) atoms. The summed E-state index contributed by atoms with van der Waals surface area (Å²) in [4.78, 5) is 13.6. The summed E-state index contributed by atoms with van der Waals surface area (Å²) in [5, 5.41) is 0. The second-order valence-electron chi connectivity index (χ2n) is 3.32. The molecule has 1 amide bonds. The van der Waals surface area contributed by atoms with E-state index in [1.54, 1.807) is 7.05 Å². The standard InChI is InChI=1S/C8H17N3O/c1-9-10-8(12)7-3-5-11(2)6-4-7/h7,9H,3-6H2,1-2H3,(H,10,12). The third kappa shape index (κ3) is 2.46. The van der Waals surface area contributed by atoms with Gasteiger partial charge >= 0.3 is 0 Å². The Morgan fingerprint density at radius 3 is 2.50 bits per heavy atom. The molecule has 4 heteroatoms. The Hall–Kier alpha value is -0.610. The van der Waals surface area contributed by atoms with Crippen LogP contribution in [0.3, 0.4) is 0 Å². The fourth-order valence-corrected chi connectivity index (χ4v) is 1.50. The van der Waals surface area contributed by atoms with Crippen molar-refractivity contribution in [1.82, 2.24) is 15.8 Å². The summed E-state index contributed by atoms with van der Waals surface area (Å²) in [5.41, 5.74) is 5.29. The van der Waals surface area contributed by atoms with Gasteiger partial charge in [-0.1, -0.05) is 0 Å². The third-order valence-corrected chi connectivity index (χ3v) is 2.34. The van der Waals surface area contributed by atoms with Crippen LogP contribution in [0.4, 0.5) is 0 Å². The number of amides is 1. The van der Waals surface area contributed by atoms with Crippen molar-refractivity contribution in [2.45, 2.75) is 12.8 Å². The molecule has 0 saturated carbocycles. The van der Waals surface area contributed by atoms with E-state index >= 15 is 0 Å². The fourth-order valence-electron chi connectivity index (χ4n) is 1.50. The molecule has 4 nitrogen and oxygen atoms in total. The Balaban J connectivity index is 2.29. The zero-order chi connectivity index (χ0) is 8.97. The summed E-state index contributed by atoms with van der Waals surface area (Å²) in [7, 11) is 3.80. The highest BCUT2D eigenvalue weighted by Crippen LogP contribution is 2.15. The minimum absolute atomic E-state index is 0.130. The zero-order valence-electron chi connectivity index (χ0n) is 7.76. The number of hydrogen-bond donors (Lipinski definition) is 2. The molecule has 1 aliphatic rings. The van der Waals surface area contributed by atoms with Gasteiger partial charge in [0.2, 0.25) is 5.91 Å². The number of piperidine rings is 1. The minimum Gasteiger partial charge on any atom is -0.306 e. The largest absolute Gasteiger partial charge is 0.306 e. The lowest BCUT2D eigenvalue weighted by Gasteiger charge is -2.27. The van der Waals surface area contributed by atoms with Gasteiger partial charge in [-0.25, -0.2) is 5.43 Å². The lowest BCUT2D eigenvalue weighted by Crippen LogP contribution is -2.43. The molecule has 1 fully saturated rings. The van der Waals surface area contributed by atoms with Crippen LogP contribution in [0.5, 0.6) is 0 Å². The number of hydrogen-bond acceptors (Lipinski definition) is 3. The highest BCUT2D eigenvalue weighted by Gasteiger charge is 2.22. The van der Waals surface area contributed by atoms with Crippen molar-refractivity contribution in [2.24, 2.45) is 5.92 Å². The monoisotopic (exact) mass is 171 g/mol. The van der Waals surface area contributed by atoms with E-state index < -0.39 is 0 Å². The molecule has 0 aromatic carbocycles. The van der Waals surface area contributed by atoms with Crippen LogP contribution in [0, 0.1) is 5.92 Å². The molecule has 1 aliphatic heterocycles. The molecular formula is C8H17N3O. The summed E-state index contributed by atoms with van der Waals surface area (Å²) in [5.74, 6) is 0.333. The van der Waals surface area contributed by atoms with E-state index in [1.165, 1.54) is 0 Å². The van der Waals surface area contributed by atoms with Gasteiger partial charge in [-0.05, 0) is 33.0 Å². The molecule has 0 spiro atoms. The van der Waals surface area contributed by atoms with Gasteiger partial charge in [0.05, 0.1) is 0 Å². The van der Waals surface area contributed by atoms with Crippen molar-refractivity contribution >= 4 is 5.91 Å². The van der Waals surface area contributed by atoms with Gasteiger partial charge in [0.1, 0.15) is 0 Å². The first-order valence-corrected chi connectivity index (χ1v) is 4.39. The molecule has 1 saturated heterocycles. The van der Waals surface area contributed by atoms with Gasteiger partial charge in [-0.2, -0.15) is 0 Å². The van der Waals surface area contributed by atoms with Crippen molar-refractivity contribution in [3.63, 3.8) is 0 Å².